The first kappa shape index (κ1) is 16.7. The molecule has 1 fully saturated rings. The number of sulfone groups is 1. The van der Waals surface area contributed by atoms with Crippen molar-refractivity contribution in [1.29, 1.82) is 0 Å². The molecule has 1 aromatic carbocycles. The van der Waals surface area contributed by atoms with Crippen molar-refractivity contribution in [2.75, 3.05) is 35.4 Å². The van der Waals surface area contributed by atoms with Crippen LogP contribution >= 0.6 is 22.9 Å². The molecule has 0 N–H and O–H groups in total. The first-order chi connectivity index (χ1) is 9.89. The molecule has 5 nitrogen and oxygen atoms in total. The average molecular weight is 425 g/mol. The van der Waals surface area contributed by atoms with Crippen LogP contribution in [0.1, 0.15) is 12.8 Å². The predicted molar refractivity (Wildman–Crippen MR) is 92.3 cm³/mol. The molecule has 118 valence electrons. The lowest BCUT2D eigenvalue weighted by molar-refractivity contribution is 0.280. The second kappa shape index (κ2) is 7.04. The van der Waals surface area contributed by atoms with E-state index in [4.69, 9.17) is 9.47 Å². The van der Waals surface area contributed by atoms with Crippen LogP contribution in [0.25, 0.3) is 0 Å². The van der Waals surface area contributed by atoms with Crippen molar-refractivity contribution in [3.05, 3.63) is 18.2 Å². The second-order valence-electron chi connectivity index (χ2n) is 5.31. The molecule has 0 heterocycles. The van der Waals surface area contributed by atoms with Crippen LogP contribution in [0, 0.1) is 5.92 Å². The van der Waals surface area contributed by atoms with Gasteiger partial charge in [0.15, 0.2) is 11.5 Å². The fourth-order valence-electron chi connectivity index (χ4n) is 1.80. The van der Waals surface area contributed by atoms with Crippen LogP contribution in [0.3, 0.4) is 0 Å². The summed E-state index contributed by atoms with van der Waals surface area (Å²) in [5.74, 6) is 2.20. The largest absolute Gasteiger partial charge is 0.493 e. The van der Waals surface area contributed by atoms with E-state index in [1.165, 1.54) is 19.1 Å². The third-order valence-corrected chi connectivity index (χ3v) is 5.22. The molecule has 0 bridgehead atoms. The molecule has 0 unspecified atom stereocenters. The number of benzene rings is 1. The van der Waals surface area contributed by atoms with Gasteiger partial charge >= 0.3 is 0 Å². The minimum absolute atomic E-state index is 0.125. The standard InChI is InChI=1S/C14H20INO4S/c1-19-13-6-5-12(16(15)7-8-21(2,17)18)9-14(13)20-10-11-3-4-11/h5-6,9,11H,3-4,7-8,10H2,1-2H3. The van der Waals surface area contributed by atoms with Gasteiger partial charge in [-0.25, -0.2) is 8.42 Å². The van der Waals surface area contributed by atoms with Crippen molar-refractivity contribution in [2.24, 2.45) is 5.92 Å². The monoisotopic (exact) mass is 425 g/mol. The van der Waals surface area contributed by atoms with E-state index in [0.29, 0.717) is 30.6 Å². The maximum absolute atomic E-state index is 11.2. The number of hydrogen-bond donors (Lipinski definition) is 0. The molecule has 7 heteroatoms. The van der Waals surface area contributed by atoms with E-state index in [1.54, 1.807) is 7.11 Å². The van der Waals surface area contributed by atoms with Crippen molar-refractivity contribution < 1.29 is 17.9 Å². The van der Waals surface area contributed by atoms with Crippen LogP contribution in [0.15, 0.2) is 18.2 Å². The molecule has 2 rings (SSSR count). The summed E-state index contributed by atoms with van der Waals surface area (Å²) in [5.41, 5.74) is 0.908. The molecule has 1 aliphatic carbocycles. The molecular formula is C14H20INO4S. The van der Waals surface area contributed by atoms with Gasteiger partial charge < -0.3 is 12.6 Å². The van der Waals surface area contributed by atoms with Gasteiger partial charge in [0.05, 0.1) is 42.3 Å². The predicted octanol–water partition coefficient (Wildman–Crippen LogP) is 2.69. The van der Waals surface area contributed by atoms with Crippen LogP contribution in [0.5, 0.6) is 11.5 Å². The molecule has 0 aliphatic heterocycles. The molecule has 0 aromatic heterocycles. The van der Waals surface area contributed by atoms with Crippen molar-refractivity contribution in [3.8, 4) is 11.5 Å². The Hall–Kier alpha value is -0.700. The Morgan fingerprint density at radius 1 is 1.33 bits per heavy atom. The number of rotatable bonds is 8. The number of nitrogens with zero attached hydrogens (tertiary/aromatic N) is 1. The van der Waals surface area contributed by atoms with E-state index in [-0.39, 0.29) is 5.75 Å². The molecule has 0 spiro atoms. The summed E-state index contributed by atoms with van der Waals surface area (Å²) in [7, 11) is -1.35. The highest BCUT2D eigenvalue weighted by Crippen LogP contribution is 2.35. The summed E-state index contributed by atoms with van der Waals surface area (Å²) in [4.78, 5) is 0. The smallest absolute Gasteiger partial charge is 0.163 e. The topological polar surface area (TPSA) is 55.8 Å². The second-order valence-corrected chi connectivity index (χ2v) is 8.73. The lowest BCUT2D eigenvalue weighted by Gasteiger charge is -2.18. The van der Waals surface area contributed by atoms with E-state index in [2.05, 4.69) is 22.9 Å². The Kier molecular flexibility index (Phi) is 5.59. The highest BCUT2D eigenvalue weighted by atomic mass is 127. The lowest BCUT2D eigenvalue weighted by Crippen LogP contribution is -2.19. The van der Waals surface area contributed by atoms with Gasteiger partial charge in [0.1, 0.15) is 9.84 Å². The van der Waals surface area contributed by atoms with E-state index in [0.717, 1.165) is 5.69 Å². The molecule has 1 aromatic rings. The summed E-state index contributed by atoms with van der Waals surface area (Å²) in [6.07, 6.45) is 3.71. The van der Waals surface area contributed by atoms with Crippen LogP contribution in [-0.2, 0) is 9.84 Å². The zero-order valence-electron chi connectivity index (χ0n) is 12.2. The van der Waals surface area contributed by atoms with E-state index in [9.17, 15) is 8.42 Å². The van der Waals surface area contributed by atoms with Crippen LogP contribution in [0.2, 0.25) is 0 Å². The minimum atomic E-state index is -2.97. The summed E-state index contributed by atoms with van der Waals surface area (Å²) < 4.78 is 35.5. The first-order valence-corrected chi connectivity index (χ1v) is 9.83. The molecule has 0 saturated heterocycles. The highest BCUT2D eigenvalue weighted by Gasteiger charge is 2.22. The minimum Gasteiger partial charge on any atom is -0.493 e. The normalized spacial score (nSPS) is 14.8. The lowest BCUT2D eigenvalue weighted by atomic mass is 10.2. The van der Waals surface area contributed by atoms with Crippen molar-refractivity contribution >= 4 is 38.4 Å². The van der Waals surface area contributed by atoms with Crippen LogP contribution < -0.4 is 12.6 Å². The maximum atomic E-state index is 11.2. The van der Waals surface area contributed by atoms with Gasteiger partial charge in [-0.1, -0.05) is 0 Å². The van der Waals surface area contributed by atoms with Gasteiger partial charge in [-0.15, -0.1) is 0 Å². The van der Waals surface area contributed by atoms with E-state index >= 15 is 0 Å². The van der Waals surface area contributed by atoms with Gasteiger partial charge in [0.25, 0.3) is 0 Å². The average Bonchev–Trinajstić information content (AvgIpc) is 3.25. The quantitative estimate of drug-likeness (QED) is 0.474. The van der Waals surface area contributed by atoms with Crippen molar-refractivity contribution in [1.82, 2.24) is 0 Å². The Labute approximate surface area is 140 Å². The summed E-state index contributed by atoms with van der Waals surface area (Å²) in [6, 6.07) is 5.65. The zero-order chi connectivity index (χ0) is 15.5. The zero-order valence-corrected chi connectivity index (χ0v) is 15.2. The fraction of sp³-hybridized carbons (Fsp3) is 0.571. The molecule has 0 amide bonds. The maximum Gasteiger partial charge on any atom is 0.163 e. The Bertz CT molecular complexity index is 587. The van der Waals surface area contributed by atoms with E-state index in [1.807, 2.05) is 21.3 Å². The SMILES string of the molecule is COc1ccc(N(I)CCS(C)(=O)=O)cc1OCC1CC1. The Balaban J connectivity index is 2.05. The van der Waals surface area contributed by atoms with Crippen LogP contribution in [0.4, 0.5) is 5.69 Å². The van der Waals surface area contributed by atoms with E-state index < -0.39 is 9.84 Å². The summed E-state index contributed by atoms with van der Waals surface area (Å²) in [5, 5.41) is 0. The van der Waals surface area contributed by atoms with Crippen molar-refractivity contribution in [2.45, 2.75) is 12.8 Å². The summed E-state index contributed by atoms with van der Waals surface area (Å²) in [6.45, 7) is 1.15. The third-order valence-electron chi connectivity index (χ3n) is 3.26. The molecule has 0 radical (unpaired) electrons. The number of ether oxygens (including phenoxy) is 2. The van der Waals surface area contributed by atoms with Gasteiger partial charge in [0.2, 0.25) is 0 Å². The molecule has 21 heavy (non-hydrogen) atoms. The molecular weight excluding hydrogens is 405 g/mol. The molecule has 1 aliphatic rings. The number of hydrogen-bond acceptors (Lipinski definition) is 5. The fourth-order valence-corrected chi connectivity index (χ4v) is 3.18. The Morgan fingerprint density at radius 3 is 2.62 bits per heavy atom. The number of anilines is 1. The third kappa shape index (κ3) is 5.54. The van der Waals surface area contributed by atoms with Gasteiger partial charge in [-0.3, -0.25) is 0 Å². The van der Waals surface area contributed by atoms with Crippen LogP contribution in [-0.4, -0.2) is 40.7 Å². The number of halogens is 1. The number of methoxy groups -OCH3 is 1. The molecule has 1 saturated carbocycles. The Morgan fingerprint density at radius 2 is 2.05 bits per heavy atom. The van der Waals surface area contributed by atoms with Gasteiger partial charge in [0, 0.05) is 24.6 Å². The molecule has 0 atom stereocenters. The summed E-state index contributed by atoms with van der Waals surface area (Å²) >= 11 is 2.11. The van der Waals surface area contributed by atoms with Gasteiger partial charge in [-0.05, 0) is 30.9 Å². The van der Waals surface area contributed by atoms with Crippen molar-refractivity contribution in [3.63, 3.8) is 0 Å². The van der Waals surface area contributed by atoms with Gasteiger partial charge in [-0.2, -0.15) is 0 Å². The first-order valence-electron chi connectivity index (χ1n) is 6.81. The highest BCUT2D eigenvalue weighted by molar-refractivity contribution is 14.1.